The molecule has 25 heavy (non-hydrogen) atoms. The smallest absolute Gasteiger partial charge is 0.238 e. The molecule has 132 valence electrons. The van der Waals surface area contributed by atoms with Crippen molar-refractivity contribution in [3.8, 4) is 0 Å². The maximum absolute atomic E-state index is 12.3. The first kappa shape index (κ1) is 17.8. The van der Waals surface area contributed by atoms with E-state index in [1.54, 1.807) is 0 Å². The van der Waals surface area contributed by atoms with Crippen molar-refractivity contribution in [1.29, 1.82) is 0 Å². The first-order valence-electron chi connectivity index (χ1n) is 8.62. The monoisotopic (exact) mass is 357 g/mol. The van der Waals surface area contributed by atoms with Crippen LogP contribution in [0.15, 0.2) is 42.5 Å². The number of rotatable bonds is 4. The zero-order valence-corrected chi connectivity index (χ0v) is 15.5. The van der Waals surface area contributed by atoms with E-state index in [-0.39, 0.29) is 5.91 Å². The Kier molecular flexibility index (Phi) is 5.61. The highest BCUT2D eigenvalue weighted by molar-refractivity contribution is 6.33. The maximum Gasteiger partial charge on any atom is 0.238 e. The number of nitrogens with one attached hydrogen (secondary N) is 1. The summed E-state index contributed by atoms with van der Waals surface area (Å²) in [6, 6.07) is 13.9. The number of hydrogen-bond acceptors (Lipinski definition) is 3. The van der Waals surface area contributed by atoms with Gasteiger partial charge in [0.15, 0.2) is 0 Å². The van der Waals surface area contributed by atoms with Crippen LogP contribution in [-0.4, -0.2) is 43.5 Å². The predicted molar refractivity (Wildman–Crippen MR) is 105 cm³/mol. The molecule has 1 N–H and O–H groups in total. The summed E-state index contributed by atoms with van der Waals surface area (Å²) >= 11 is 6.27. The van der Waals surface area contributed by atoms with Crippen molar-refractivity contribution in [2.75, 3.05) is 42.9 Å². The van der Waals surface area contributed by atoms with E-state index in [9.17, 15) is 4.79 Å². The number of hydrogen-bond donors (Lipinski definition) is 1. The van der Waals surface area contributed by atoms with Gasteiger partial charge in [-0.05, 0) is 49.2 Å². The van der Waals surface area contributed by atoms with Crippen LogP contribution in [0, 0.1) is 13.8 Å². The highest BCUT2D eigenvalue weighted by atomic mass is 35.5. The molecule has 0 spiro atoms. The van der Waals surface area contributed by atoms with E-state index in [0.29, 0.717) is 6.54 Å². The van der Waals surface area contributed by atoms with Crippen LogP contribution < -0.4 is 10.2 Å². The summed E-state index contributed by atoms with van der Waals surface area (Å²) in [5.41, 5.74) is 4.35. The van der Waals surface area contributed by atoms with Gasteiger partial charge >= 0.3 is 0 Å². The van der Waals surface area contributed by atoms with E-state index in [1.807, 2.05) is 42.5 Å². The van der Waals surface area contributed by atoms with E-state index >= 15 is 0 Å². The van der Waals surface area contributed by atoms with Crippen molar-refractivity contribution in [2.45, 2.75) is 13.8 Å². The van der Waals surface area contributed by atoms with Gasteiger partial charge in [0.25, 0.3) is 0 Å². The number of para-hydroxylation sites is 1. The molecule has 4 nitrogen and oxygen atoms in total. The SMILES string of the molecule is Cc1ccc(NC(=O)CN2CCN(c3ccccc3Cl)CC2)cc1C. The van der Waals surface area contributed by atoms with Gasteiger partial charge in [0, 0.05) is 31.9 Å². The summed E-state index contributed by atoms with van der Waals surface area (Å²) in [6.07, 6.45) is 0. The molecule has 0 atom stereocenters. The van der Waals surface area contributed by atoms with Gasteiger partial charge in [-0.1, -0.05) is 29.8 Å². The third-order valence-corrected chi connectivity index (χ3v) is 5.04. The highest BCUT2D eigenvalue weighted by Crippen LogP contribution is 2.26. The van der Waals surface area contributed by atoms with Gasteiger partial charge in [0.05, 0.1) is 17.3 Å². The molecule has 0 radical (unpaired) electrons. The number of carbonyl (C=O) groups is 1. The molecule has 1 amide bonds. The zero-order chi connectivity index (χ0) is 17.8. The number of anilines is 2. The third kappa shape index (κ3) is 4.53. The lowest BCUT2D eigenvalue weighted by Gasteiger charge is -2.36. The normalized spacial score (nSPS) is 15.2. The summed E-state index contributed by atoms with van der Waals surface area (Å²) in [5.74, 6) is 0.0365. The van der Waals surface area contributed by atoms with Crippen molar-refractivity contribution < 1.29 is 4.79 Å². The molecule has 5 heteroatoms. The van der Waals surface area contributed by atoms with E-state index in [2.05, 4.69) is 29.0 Å². The van der Waals surface area contributed by atoms with E-state index < -0.39 is 0 Å². The second kappa shape index (κ2) is 7.89. The summed E-state index contributed by atoms with van der Waals surface area (Å²) in [7, 11) is 0. The van der Waals surface area contributed by atoms with Gasteiger partial charge in [0.2, 0.25) is 5.91 Å². The van der Waals surface area contributed by atoms with E-state index in [0.717, 1.165) is 42.6 Å². The average Bonchev–Trinajstić information content (AvgIpc) is 2.59. The molecule has 1 fully saturated rings. The number of piperazine rings is 1. The van der Waals surface area contributed by atoms with Gasteiger partial charge in [-0.3, -0.25) is 9.69 Å². The van der Waals surface area contributed by atoms with Crippen LogP contribution in [0.25, 0.3) is 0 Å². The van der Waals surface area contributed by atoms with E-state index in [1.165, 1.54) is 11.1 Å². The Labute approximate surface area is 154 Å². The Balaban J connectivity index is 1.51. The molecule has 0 unspecified atom stereocenters. The number of benzene rings is 2. The van der Waals surface area contributed by atoms with Crippen LogP contribution in [0.3, 0.4) is 0 Å². The topological polar surface area (TPSA) is 35.6 Å². The van der Waals surface area contributed by atoms with Crippen molar-refractivity contribution in [2.24, 2.45) is 0 Å². The minimum atomic E-state index is 0.0365. The Morgan fingerprint density at radius 3 is 2.44 bits per heavy atom. The molecule has 1 aliphatic rings. The van der Waals surface area contributed by atoms with Crippen LogP contribution in [0.1, 0.15) is 11.1 Å². The summed E-state index contributed by atoms with van der Waals surface area (Å²) in [4.78, 5) is 16.8. The van der Waals surface area contributed by atoms with Gasteiger partial charge in [0.1, 0.15) is 0 Å². The molecule has 1 aliphatic heterocycles. The quantitative estimate of drug-likeness (QED) is 0.905. The standard InChI is InChI=1S/C20H24ClN3O/c1-15-7-8-17(13-16(15)2)22-20(25)14-23-9-11-24(12-10-23)19-6-4-3-5-18(19)21/h3-8,13H,9-12,14H2,1-2H3,(H,22,25). The Morgan fingerprint density at radius 2 is 1.76 bits per heavy atom. The highest BCUT2D eigenvalue weighted by Gasteiger charge is 2.20. The van der Waals surface area contributed by atoms with Gasteiger partial charge in [-0.25, -0.2) is 0 Å². The Morgan fingerprint density at radius 1 is 1.04 bits per heavy atom. The molecule has 0 aromatic heterocycles. The molecular weight excluding hydrogens is 334 g/mol. The summed E-state index contributed by atoms with van der Waals surface area (Å²) < 4.78 is 0. The molecule has 0 aliphatic carbocycles. The minimum Gasteiger partial charge on any atom is -0.368 e. The van der Waals surface area contributed by atoms with Crippen LogP contribution in [-0.2, 0) is 4.79 Å². The average molecular weight is 358 g/mol. The number of aryl methyl sites for hydroxylation is 2. The molecule has 1 heterocycles. The van der Waals surface area contributed by atoms with Gasteiger partial charge < -0.3 is 10.2 Å². The second-order valence-corrected chi connectivity index (χ2v) is 6.97. The summed E-state index contributed by atoms with van der Waals surface area (Å²) in [6.45, 7) is 8.00. The molecule has 3 rings (SSSR count). The van der Waals surface area contributed by atoms with Crippen molar-refractivity contribution in [1.82, 2.24) is 4.90 Å². The number of nitrogens with zero attached hydrogens (tertiary/aromatic N) is 2. The first-order chi connectivity index (χ1) is 12.0. The van der Waals surface area contributed by atoms with Gasteiger partial charge in [-0.2, -0.15) is 0 Å². The van der Waals surface area contributed by atoms with Crippen LogP contribution in [0.2, 0.25) is 5.02 Å². The van der Waals surface area contributed by atoms with Crippen molar-refractivity contribution >= 4 is 28.9 Å². The van der Waals surface area contributed by atoms with Gasteiger partial charge in [-0.15, -0.1) is 0 Å². The van der Waals surface area contributed by atoms with E-state index in [4.69, 9.17) is 11.6 Å². The molecular formula is C20H24ClN3O. The van der Waals surface area contributed by atoms with Crippen LogP contribution in [0.4, 0.5) is 11.4 Å². The lowest BCUT2D eigenvalue weighted by molar-refractivity contribution is -0.117. The lowest BCUT2D eigenvalue weighted by Crippen LogP contribution is -2.48. The molecule has 1 saturated heterocycles. The Hall–Kier alpha value is -2.04. The minimum absolute atomic E-state index is 0.0365. The molecule has 0 saturated carbocycles. The zero-order valence-electron chi connectivity index (χ0n) is 14.8. The van der Waals surface area contributed by atoms with Crippen molar-refractivity contribution in [3.63, 3.8) is 0 Å². The molecule has 2 aromatic rings. The summed E-state index contributed by atoms with van der Waals surface area (Å²) in [5, 5.41) is 3.77. The van der Waals surface area contributed by atoms with Crippen molar-refractivity contribution in [3.05, 3.63) is 58.6 Å². The first-order valence-corrected chi connectivity index (χ1v) is 8.99. The number of halogens is 1. The Bertz CT molecular complexity index is 754. The fourth-order valence-corrected chi connectivity index (χ4v) is 3.33. The third-order valence-electron chi connectivity index (χ3n) is 4.72. The van der Waals surface area contributed by atoms with Crippen LogP contribution >= 0.6 is 11.6 Å². The fraction of sp³-hybridized carbons (Fsp3) is 0.350. The lowest BCUT2D eigenvalue weighted by atomic mass is 10.1. The number of carbonyl (C=O) groups excluding carboxylic acids is 1. The molecule has 0 bridgehead atoms. The fourth-order valence-electron chi connectivity index (χ4n) is 3.08. The largest absolute Gasteiger partial charge is 0.368 e. The number of amides is 1. The maximum atomic E-state index is 12.3. The predicted octanol–water partition coefficient (Wildman–Crippen LogP) is 3.72. The van der Waals surface area contributed by atoms with Crippen LogP contribution in [0.5, 0.6) is 0 Å². The molecule has 2 aromatic carbocycles. The second-order valence-electron chi connectivity index (χ2n) is 6.56.